The van der Waals surface area contributed by atoms with Gasteiger partial charge in [0.05, 0.1) is 0 Å². The first-order chi connectivity index (χ1) is 29.9. The van der Waals surface area contributed by atoms with Crippen LogP contribution in [0, 0.1) is 5.92 Å². The quantitative estimate of drug-likeness (QED) is 0.165. The number of hydrogen-bond donors (Lipinski definition) is 0. The van der Waals surface area contributed by atoms with Crippen molar-refractivity contribution in [3.8, 4) is 0 Å². The van der Waals surface area contributed by atoms with Crippen LogP contribution in [-0.4, -0.2) is 6.71 Å². The van der Waals surface area contributed by atoms with Gasteiger partial charge in [0.2, 0.25) is 5.88 Å². The van der Waals surface area contributed by atoms with Gasteiger partial charge in [0.1, 0.15) is 5.58 Å². The number of allylic oxidation sites excluding steroid dienone is 4. The van der Waals surface area contributed by atoms with Crippen molar-refractivity contribution in [3.63, 3.8) is 0 Å². The van der Waals surface area contributed by atoms with Crippen molar-refractivity contribution in [2.75, 3.05) is 9.80 Å². The second kappa shape index (κ2) is 14.1. The molecule has 0 saturated carbocycles. The first-order valence-corrected chi connectivity index (χ1v) is 24.1. The molecule has 0 fully saturated rings. The van der Waals surface area contributed by atoms with Crippen LogP contribution < -0.4 is 26.2 Å². The molecule has 1 unspecified atom stereocenters. The summed E-state index contributed by atoms with van der Waals surface area (Å²) >= 11 is 0. The van der Waals surface area contributed by atoms with Crippen molar-refractivity contribution in [1.82, 2.24) is 0 Å². The molecule has 3 nitrogen and oxygen atoms in total. The molecule has 64 heavy (non-hydrogen) atoms. The first-order valence-electron chi connectivity index (χ1n) is 24.1. The van der Waals surface area contributed by atoms with E-state index < -0.39 is 0 Å². The third-order valence-electron chi connectivity index (χ3n) is 15.6. The Bertz CT molecular complexity index is 2930. The van der Waals surface area contributed by atoms with Crippen LogP contribution in [-0.2, 0) is 27.1 Å². The van der Waals surface area contributed by atoms with Gasteiger partial charge < -0.3 is 9.32 Å². The van der Waals surface area contributed by atoms with Crippen LogP contribution in [0.15, 0.2) is 113 Å². The SMILES string of the molecule is CC1=C(c2cc3c4c(c2)N(c2ccc(C(C)(C)C)cc2)c2oc5cc6c(cc5c2B4c2cc(C(C)(C)C)ccc2N3c2ccc(C(C)(C)C)cc2)C(C)(C)CCC6(C)C)C(C)CC=C1. The number of furan rings is 1. The van der Waals surface area contributed by atoms with E-state index in [0.29, 0.717) is 5.92 Å². The third-order valence-corrected chi connectivity index (χ3v) is 15.6. The summed E-state index contributed by atoms with van der Waals surface area (Å²) in [4.78, 5) is 5.09. The van der Waals surface area contributed by atoms with E-state index in [4.69, 9.17) is 4.42 Å². The Labute approximate surface area is 384 Å². The Morgan fingerprint density at radius 1 is 0.594 bits per heavy atom. The van der Waals surface area contributed by atoms with Gasteiger partial charge in [-0.05, 0) is 169 Å². The van der Waals surface area contributed by atoms with Crippen molar-refractivity contribution >= 4 is 74.0 Å². The van der Waals surface area contributed by atoms with Crippen molar-refractivity contribution in [2.24, 2.45) is 5.92 Å². The van der Waals surface area contributed by atoms with Gasteiger partial charge in [0, 0.05) is 39.3 Å². The number of benzene rings is 5. The van der Waals surface area contributed by atoms with Gasteiger partial charge >= 0.3 is 0 Å². The Balaban J connectivity index is 1.36. The average molecular weight is 845 g/mol. The summed E-state index contributed by atoms with van der Waals surface area (Å²) < 4.78 is 7.52. The number of hydrogen-bond acceptors (Lipinski definition) is 3. The first kappa shape index (κ1) is 42.7. The smallest absolute Gasteiger partial charge is 0.257 e. The fraction of sp³-hybridized carbons (Fsp3) is 0.400. The van der Waals surface area contributed by atoms with Crippen molar-refractivity contribution in [2.45, 2.75) is 150 Å². The zero-order valence-corrected chi connectivity index (χ0v) is 41.4. The highest BCUT2D eigenvalue weighted by Crippen LogP contribution is 2.52. The maximum atomic E-state index is 7.52. The van der Waals surface area contributed by atoms with E-state index in [1.165, 1.54) is 89.1 Å². The number of anilines is 6. The van der Waals surface area contributed by atoms with Gasteiger partial charge in [-0.2, -0.15) is 0 Å². The molecular formula is C60H69BN2O. The number of rotatable bonds is 3. The van der Waals surface area contributed by atoms with E-state index in [0.717, 1.165) is 36.4 Å². The maximum absolute atomic E-state index is 7.52. The van der Waals surface area contributed by atoms with Gasteiger partial charge in [0.25, 0.3) is 6.71 Å². The molecule has 1 aromatic heterocycles. The lowest BCUT2D eigenvalue weighted by Gasteiger charge is -2.44. The highest BCUT2D eigenvalue weighted by atomic mass is 16.4. The molecule has 10 rings (SSSR count). The molecule has 5 aromatic carbocycles. The van der Waals surface area contributed by atoms with E-state index >= 15 is 0 Å². The van der Waals surface area contributed by atoms with Crippen LogP contribution in [0.3, 0.4) is 0 Å². The Kier molecular flexibility index (Phi) is 9.44. The molecule has 0 N–H and O–H groups in total. The molecule has 2 aliphatic heterocycles. The Morgan fingerprint density at radius 2 is 1.11 bits per heavy atom. The molecule has 1 atom stereocenters. The third kappa shape index (κ3) is 6.67. The summed E-state index contributed by atoms with van der Waals surface area (Å²) in [6.07, 6.45) is 8.03. The molecule has 3 heterocycles. The van der Waals surface area contributed by atoms with Gasteiger partial charge in [-0.25, -0.2) is 0 Å². The van der Waals surface area contributed by atoms with Crippen molar-refractivity contribution < 1.29 is 4.42 Å². The predicted octanol–water partition coefficient (Wildman–Crippen LogP) is 15.1. The molecular weight excluding hydrogens is 775 g/mol. The van der Waals surface area contributed by atoms with Gasteiger partial charge in [-0.3, -0.25) is 4.90 Å². The number of nitrogens with zero attached hydrogens (tertiary/aromatic N) is 2. The van der Waals surface area contributed by atoms with Crippen LogP contribution in [0.1, 0.15) is 156 Å². The van der Waals surface area contributed by atoms with E-state index in [1.807, 2.05) is 0 Å². The summed E-state index contributed by atoms with van der Waals surface area (Å²) in [6.45, 7) is 35.3. The topological polar surface area (TPSA) is 19.6 Å². The van der Waals surface area contributed by atoms with Crippen LogP contribution >= 0.6 is 0 Å². The van der Waals surface area contributed by atoms with Gasteiger partial charge in [0.15, 0.2) is 0 Å². The molecule has 328 valence electrons. The minimum absolute atomic E-state index is 0.0277. The number of fused-ring (bicyclic) bond motifs is 7. The van der Waals surface area contributed by atoms with Crippen LogP contribution in [0.4, 0.5) is 34.3 Å². The van der Waals surface area contributed by atoms with Gasteiger partial charge in [-0.15, -0.1) is 0 Å². The average Bonchev–Trinajstić information content (AvgIpc) is 3.59. The maximum Gasteiger partial charge on any atom is 0.257 e. The van der Waals surface area contributed by atoms with E-state index in [-0.39, 0.29) is 33.8 Å². The lowest BCUT2D eigenvalue weighted by Crippen LogP contribution is -2.61. The minimum atomic E-state index is -0.0562. The Hall–Kier alpha value is -5.22. The molecule has 0 amide bonds. The molecule has 0 saturated heterocycles. The molecule has 0 spiro atoms. The molecule has 2 aliphatic carbocycles. The fourth-order valence-electron chi connectivity index (χ4n) is 11.5. The largest absolute Gasteiger partial charge is 0.440 e. The lowest BCUT2D eigenvalue weighted by molar-refractivity contribution is 0.332. The molecule has 0 radical (unpaired) electrons. The van der Waals surface area contributed by atoms with Crippen LogP contribution in [0.25, 0.3) is 16.5 Å². The summed E-state index contributed by atoms with van der Waals surface area (Å²) in [6, 6.07) is 36.1. The standard InChI is InChI=1S/C60H69BN2O/c1-36-17-16-18-37(2)52(36)38-31-49-54-50(32-38)63(43-26-21-40(22-27-43)57(6,7)8)55-53(44-34-45-46(35-51(44)64-55)60(14,15)30-29-59(45,12)13)61(54)47-33-41(58(9,10)11)23-28-48(47)62(49)42-24-19-39(20-25-42)56(3,4)5/h16-17,19-28,31-35,37H,18,29-30H2,1-15H3. The molecule has 0 bridgehead atoms. The Morgan fingerprint density at radius 3 is 1.66 bits per heavy atom. The van der Waals surface area contributed by atoms with E-state index in [9.17, 15) is 0 Å². The lowest BCUT2D eigenvalue weighted by atomic mass is 9.33. The predicted molar refractivity (Wildman–Crippen MR) is 277 cm³/mol. The summed E-state index contributed by atoms with van der Waals surface area (Å²) in [7, 11) is 0. The van der Waals surface area contributed by atoms with Crippen molar-refractivity contribution in [1.29, 1.82) is 0 Å². The second-order valence-corrected chi connectivity index (χ2v) is 24.3. The minimum Gasteiger partial charge on any atom is -0.440 e. The monoisotopic (exact) mass is 845 g/mol. The second-order valence-electron chi connectivity index (χ2n) is 24.3. The normalized spacial score (nSPS) is 18.9. The highest BCUT2D eigenvalue weighted by molar-refractivity contribution is 7.01. The summed E-state index contributed by atoms with van der Waals surface area (Å²) in [5.41, 5.74) is 22.0. The molecule has 6 aromatic rings. The zero-order chi connectivity index (χ0) is 45.6. The summed E-state index contributed by atoms with van der Waals surface area (Å²) in [5, 5.41) is 1.24. The van der Waals surface area contributed by atoms with Crippen molar-refractivity contribution in [3.05, 3.63) is 142 Å². The summed E-state index contributed by atoms with van der Waals surface area (Å²) in [5.74, 6) is 1.33. The van der Waals surface area contributed by atoms with Crippen LogP contribution in [0.2, 0.25) is 0 Å². The molecule has 4 heteroatoms. The molecule has 4 aliphatic rings. The van der Waals surface area contributed by atoms with Gasteiger partial charge in [-0.1, -0.05) is 145 Å². The van der Waals surface area contributed by atoms with E-state index in [2.05, 4.69) is 217 Å². The zero-order valence-electron chi connectivity index (χ0n) is 41.4. The highest BCUT2D eigenvalue weighted by Gasteiger charge is 2.48. The fourth-order valence-corrected chi connectivity index (χ4v) is 11.5. The van der Waals surface area contributed by atoms with Crippen LogP contribution in [0.5, 0.6) is 0 Å². The van der Waals surface area contributed by atoms with E-state index in [1.54, 1.807) is 0 Å².